The molecule has 0 atom stereocenters. The molecule has 0 saturated heterocycles. The summed E-state index contributed by atoms with van der Waals surface area (Å²) in [7, 11) is 1.66. The van der Waals surface area contributed by atoms with Crippen LogP contribution in [0.4, 0.5) is 5.69 Å². The summed E-state index contributed by atoms with van der Waals surface area (Å²) >= 11 is 0. The molecule has 1 aromatic heterocycles. The van der Waals surface area contributed by atoms with E-state index >= 15 is 0 Å². The summed E-state index contributed by atoms with van der Waals surface area (Å²) in [4.78, 5) is 40.5. The Morgan fingerprint density at radius 2 is 1.88 bits per heavy atom. The first-order valence-electron chi connectivity index (χ1n) is 8.31. The predicted octanol–water partition coefficient (Wildman–Crippen LogP) is 2.71. The lowest BCUT2D eigenvalue weighted by Crippen LogP contribution is -2.23. The van der Waals surface area contributed by atoms with Crippen molar-refractivity contribution in [2.45, 2.75) is 19.8 Å². The molecular formula is C20H19N3O3. The highest BCUT2D eigenvalue weighted by atomic mass is 16.1. The highest BCUT2D eigenvalue weighted by Crippen LogP contribution is 2.13. The topological polar surface area (TPSA) is 81.1 Å². The number of aromatic nitrogens is 2. The van der Waals surface area contributed by atoms with E-state index in [0.717, 1.165) is 0 Å². The van der Waals surface area contributed by atoms with Gasteiger partial charge in [-0.1, -0.05) is 24.3 Å². The fraction of sp³-hybridized carbons (Fsp3) is 0.200. The van der Waals surface area contributed by atoms with Crippen molar-refractivity contribution in [3.63, 3.8) is 0 Å². The van der Waals surface area contributed by atoms with Crippen LogP contribution >= 0.6 is 0 Å². The molecule has 3 aromatic rings. The second-order valence-electron chi connectivity index (χ2n) is 6.09. The van der Waals surface area contributed by atoms with Gasteiger partial charge < -0.3 is 5.32 Å². The van der Waals surface area contributed by atoms with E-state index in [1.165, 1.54) is 11.5 Å². The zero-order valence-corrected chi connectivity index (χ0v) is 14.7. The highest BCUT2D eigenvalue weighted by Gasteiger charge is 2.10. The van der Waals surface area contributed by atoms with Crippen molar-refractivity contribution < 1.29 is 9.59 Å². The molecule has 3 rings (SSSR count). The van der Waals surface area contributed by atoms with Crippen LogP contribution < -0.4 is 10.9 Å². The molecule has 1 N–H and O–H groups in total. The number of rotatable bonds is 5. The molecule has 1 amide bonds. The minimum Gasteiger partial charge on any atom is -0.326 e. The van der Waals surface area contributed by atoms with Gasteiger partial charge in [-0.2, -0.15) is 0 Å². The Balaban J connectivity index is 1.73. The molecule has 0 radical (unpaired) electrons. The normalized spacial score (nSPS) is 10.7. The molecule has 2 aromatic carbocycles. The molecule has 1 heterocycles. The molecule has 0 saturated carbocycles. The first kappa shape index (κ1) is 17.5. The van der Waals surface area contributed by atoms with Gasteiger partial charge in [0.15, 0.2) is 5.78 Å². The number of aryl methyl sites for hydroxylation is 1. The number of ketones is 1. The van der Waals surface area contributed by atoms with Gasteiger partial charge in [-0.05, 0) is 31.2 Å². The van der Waals surface area contributed by atoms with Crippen LogP contribution in [-0.4, -0.2) is 21.2 Å². The number of fused-ring (bicyclic) bond motifs is 1. The molecule has 6 nitrogen and oxygen atoms in total. The predicted molar refractivity (Wildman–Crippen MR) is 100 cm³/mol. The zero-order chi connectivity index (χ0) is 18.7. The fourth-order valence-electron chi connectivity index (χ4n) is 2.75. The quantitative estimate of drug-likeness (QED) is 0.718. The largest absolute Gasteiger partial charge is 0.326 e. The number of amides is 1. The highest BCUT2D eigenvalue weighted by molar-refractivity contribution is 5.97. The number of para-hydroxylation sites is 1. The summed E-state index contributed by atoms with van der Waals surface area (Å²) in [5.41, 5.74) is 1.62. The second kappa shape index (κ2) is 7.31. The van der Waals surface area contributed by atoms with Gasteiger partial charge in [0.05, 0.1) is 10.9 Å². The molecule has 0 bridgehead atoms. The Morgan fingerprint density at radius 3 is 2.65 bits per heavy atom. The molecule has 0 spiro atoms. The number of hydrogen-bond acceptors (Lipinski definition) is 4. The van der Waals surface area contributed by atoms with Crippen LogP contribution in [0.3, 0.4) is 0 Å². The van der Waals surface area contributed by atoms with E-state index in [0.29, 0.717) is 34.4 Å². The van der Waals surface area contributed by atoms with Crippen molar-refractivity contribution in [3.05, 3.63) is 70.3 Å². The molecule has 0 aliphatic rings. The summed E-state index contributed by atoms with van der Waals surface area (Å²) in [6.07, 6.45) is 0.526. The number of benzene rings is 2. The number of carbonyl (C=O) groups excluding carboxylic acids is 2. The Bertz CT molecular complexity index is 1050. The van der Waals surface area contributed by atoms with Gasteiger partial charge in [0, 0.05) is 31.1 Å². The maximum atomic E-state index is 12.4. The number of anilines is 1. The van der Waals surface area contributed by atoms with Crippen LogP contribution in [0.25, 0.3) is 10.9 Å². The van der Waals surface area contributed by atoms with Gasteiger partial charge in [0.2, 0.25) is 5.91 Å². The average molecular weight is 349 g/mol. The van der Waals surface area contributed by atoms with Crippen LogP contribution in [0.5, 0.6) is 0 Å². The summed E-state index contributed by atoms with van der Waals surface area (Å²) in [6.45, 7) is 1.48. The molecule has 6 heteroatoms. The smallest absolute Gasteiger partial charge is 0.261 e. The van der Waals surface area contributed by atoms with Crippen molar-refractivity contribution >= 4 is 28.3 Å². The minimum atomic E-state index is -0.201. The van der Waals surface area contributed by atoms with Crippen LogP contribution in [0.2, 0.25) is 0 Å². The Hall–Kier alpha value is -3.28. The lowest BCUT2D eigenvalue weighted by atomic mass is 10.1. The number of carbonyl (C=O) groups is 2. The van der Waals surface area contributed by atoms with Crippen molar-refractivity contribution in [2.24, 2.45) is 7.05 Å². The van der Waals surface area contributed by atoms with E-state index in [2.05, 4.69) is 10.3 Å². The summed E-state index contributed by atoms with van der Waals surface area (Å²) in [6, 6.07) is 13.9. The van der Waals surface area contributed by atoms with Crippen LogP contribution in [0.15, 0.2) is 53.3 Å². The third-order valence-electron chi connectivity index (χ3n) is 4.20. The molecule has 26 heavy (non-hydrogen) atoms. The van der Waals surface area contributed by atoms with Crippen LogP contribution in [-0.2, 0) is 18.3 Å². The summed E-state index contributed by atoms with van der Waals surface area (Å²) in [5, 5.41) is 3.33. The summed E-state index contributed by atoms with van der Waals surface area (Å²) in [5.74, 6) is 0.297. The molecular weight excluding hydrogens is 330 g/mol. The van der Waals surface area contributed by atoms with E-state index in [1.54, 1.807) is 49.5 Å². The van der Waals surface area contributed by atoms with Crippen molar-refractivity contribution in [2.75, 3.05) is 5.32 Å². The third-order valence-corrected chi connectivity index (χ3v) is 4.20. The van der Waals surface area contributed by atoms with Crippen LogP contribution in [0, 0.1) is 0 Å². The zero-order valence-electron chi connectivity index (χ0n) is 14.7. The fourth-order valence-corrected chi connectivity index (χ4v) is 2.75. The lowest BCUT2D eigenvalue weighted by molar-refractivity contribution is -0.116. The molecule has 0 aliphatic heterocycles. The number of hydrogen-bond donors (Lipinski definition) is 1. The van der Waals surface area contributed by atoms with Crippen LogP contribution in [0.1, 0.15) is 29.5 Å². The molecule has 132 valence electrons. The van der Waals surface area contributed by atoms with E-state index in [9.17, 15) is 14.4 Å². The number of Topliss-reactive ketones (excluding diaryl/α,β-unsaturated/α-hetero) is 1. The number of nitrogens with one attached hydrogen (secondary N) is 1. The van der Waals surface area contributed by atoms with Gasteiger partial charge in [-0.25, -0.2) is 4.98 Å². The van der Waals surface area contributed by atoms with Gasteiger partial charge in [-0.15, -0.1) is 0 Å². The summed E-state index contributed by atoms with van der Waals surface area (Å²) < 4.78 is 1.48. The van der Waals surface area contributed by atoms with E-state index in [1.807, 2.05) is 6.07 Å². The van der Waals surface area contributed by atoms with Crippen molar-refractivity contribution in [1.29, 1.82) is 0 Å². The maximum Gasteiger partial charge on any atom is 0.261 e. The lowest BCUT2D eigenvalue weighted by Gasteiger charge is -2.10. The van der Waals surface area contributed by atoms with E-state index in [4.69, 9.17) is 0 Å². The minimum absolute atomic E-state index is 0.0588. The maximum absolute atomic E-state index is 12.4. The third kappa shape index (κ3) is 3.69. The van der Waals surface area contributed by atoms with Crippen molar-refractivity contribution in [3.8, 4) is 0 Å². The SMILES string of the molecule is CC(=O)c1cccc(NC(=O)CCc2nc3ccccc3c(=O)n2C)c1. The van der Waals surface area contributed by atoms with Gasteiger partial charge in [-0.3, -0.25) is 19.0 Å². The monoisotopic (exact) mass is 349 g/mol. The van der Waals surface area contributed by atoms with Gasteiger partial charge in [0.25, 0.3) is 5.56 Å². The average Bonchev–Trinajstić information content (AvgIpc) is 2.63. The van der Waals surface area contributed by atoms with E-state index in [-0.39, 0.29) is 23.7 Å². The molecule has 0 aliphatic carbocycles. The van der Waals surface area contributed by atoms with Gasteiger partial charge in [0.1, 0.15) is 5.82 Å². The molecule has 0 unspecified atom stereocenters. The molecule has 0 fully saturated rings. The van der Waals surface area contributed by atoms with Gasteiger partial charge >= 0.3 is 0 Å². The standard InChI is InChI=1S/C20H19N3O3/c1-13(24)14-6-5-7-15(12-14)21-19(25)11-10-18-22-17-9-4-3-8-16(17)20(26)23(18)2/h3-9,12H,10-11H2,1-2H3,(H,21,25). The van der Waals surface area contributed by atoms with Crippen molar-refractivity contribution in [1.82, 2.24) is 9.55 Å². The Morgan fingerprint density at radius 1 is 1.12 bits per heavy atom. The first-order chi connectivity index (χ1) is 12.5. The first-order valence-corrected chi connectivity index (χ1v) is 8.31. The Labute approximate surface area is 150 Å². The number of nitrogens with zero attached hydrogens (tertiary/aromatic N) is 2. The van der Waals surface area contributed by atoms with E-state index < -0.39 is 0 Å². The second-order valence-corrected chi connectivity index (χ2v) is 6.09. The Kier molecular flexibility index (Phi) is 4.93.